The Kier molecular flexibility index (Phi) is 5.96. The number of carboxylic acids is 1. The molecule has 124 valence electrons. The van der Waals surface area contributed by atoms with Crippen molar-refractivity contribution in [1.82, 2.24) is 4.72 Å². The maximum atomic E-state index is 12.5. The fraction of sp³-hybridized carbons (Fsp3) is 0.533. The molecular formula is C15H24N2O4S. The van der Waals surface area contributed by atoms with Gasteiger partial charge in [0.25, 0.3) is 0 Å². The highest BCUT2D eigenvalue weighted by molar-refractivity contribution is 7.89. The normalized spacial score (nSPS) is 14.4. The number of rotatable bonds is 7. The minimum atomic E-state index is -3.89. The van der Waals surface area contributed by atoms with Gasteiger partial charge in [0.05, 0.1) is 4.90 Å². The zero-order chi connectivity index (χ0) is 17.1. The highest BCUT2D eigenvalue weighted by atomic mass is 32.2. The largest absolute Gasteiger partial charge is 0.480 e. The highest BCUT2D eigenvalue weighted by Crippen LogP contribution is 2.23. The van der Waals surface area contributed by atoms with E-state index < -0.39 is 22.0 Å². The Morgan fingerprint density at radius 3 is 2.41 bits per heavy atom. The number of aliphatic carboxylic acids is 1. The Hall–Kier alpha value is -1.60. The first-order valence-corrected chi connectivity index (χ1v) is 8.61. The first kappa shape index (κ1) is 18.4. The fourth-order valence-corrected chi connectivity index (χ4v) is 3.44. The van der Waals surface area contributed by atoms with Crippen LogP contribution >= 0.6 is 0 Å². The Balaban J connectivity index is 3.19. The molecule has 0 bridgehead atoms. The molecule has 0 fully saturated rings. The summed E-state index contributed by atoms with van der Waals surface area (Å²) in [6, 6.07) is 3.61. The Labute approximate surface area is 132 Å². The van der Waals surface area contributed by atoms with Crippen LogP contribution in [0.3, 0.4) is 0 Å². The average Bonchev–Trinajstić information content (AvgIpc) is 2.43. The van der Waals surface area contributed by atoms with Crippen LogP contribution in [-0.4, -0.2) is 39.6 Å². The van der Waals surface area contributed by atoms with Crippen LogP contribution in [0.4, 0.5) is 5.69 Å². The molecule has 0 spiro atoms. The van der Waals surface area contributed by atoms with Crippen LogP contribution < -0.4 is 9.62 Å². The third-order valence-corrected chi connectivity index (χ3v) is 5.17. The maximum absolute atomic E-state index is 12.5. The predicted octanol–water partition coefficient (Wildman–Crippen LogP) is 1.84. The summed E-state index contributed by atoms with van der Waals surface area (Å²) in [5, 5.41) is 9.24. The molecule has 1 rings (SSSR count). The van der Waals surface area contributed by atoms with Crippen LogP contribution in [0, 0.1) is 12.8 Å². The van der Waals surface area contributed by atoms with E-state index in [1.807, 2.05) is 32.8 Å². The van der Waals surface area contributed by atoms with E-state index in [1.54, 1.807) is 19.1 Å². The third-order valence-electron chi connectivity index (χ3n) is 3.73. The van der Waals surface area contributed by atoms with E-state index in [0.717, 1.165) is 11.3 Å². The Morgan fingerprint density at radius 1 is 1.36 bits per heavy atom. The van der Waals surface area contributed by atoms with Crippen LogP contribution in [0.2, 0.25) is 0 Å². The predicted molar refractivity (Wildman–Crippen MR) is 86.7 cm³/mol. The molecule has 0 saturated carbocycles. The number of benzene rings is 1. The molecule has 0 heterocycles. The van der Waals surface area contributed by atoms with E-state index in [2.05, 4.69) is 4.72 Å². The molecule has 22 heavy (non-hydrogen) atoms. The molecule has 0 radical (unpaired) electrons. The summed E-state index contributed by atoms with van der Waals surface area (Å²) in [7, 11) is -0.240. The summed E-state index contributed by atoms with van der Waals surface area (Å²) in [6.45, 7) is 5.42. The molecule has 0 unspecified atom stereocenters. The number of nitrogens with one attached hydrogen (secondary N) is 1. The van der Waals surface area contributed by atoms with Crippen molar-refractivity contribution >= 4 is 21.7 Å². The minimum Gasteiger partial charge on any atom is -0.480 e. The van der Waals surface area contributed by atoms with Gasteiger partial charge in [0.15, 0.2) is 0 Å². The van der Waals surface area contributed by atoms with E-state index in [0.29, 0.717) is 6.42 Å². The van der Waals surface area contributed by atoms with E-state index in [1.165, 1.54) is 6.07 Å². The zero-order valence-corrected chi connectivity index (χ0v) is 14.4. The lowest BCUT2D eigenvalue weighted by Crippen LogP contribution is -2.44. The van der Waals surface area contributed by atoms with E-state index >= 15 is 0 Å². The second kappa shape index (κ2) is 7.11. The van der Waals surface area contributed by atoms with Gasteiger partial charge in [-0.3, -0.25) is 4.79 Å². The first-order valence-electron chi connectivity index (χ1n) is 7.13. The van der Waals surface area contributed by atoms with Crippen LogP contribution in [0.25, 0.3) is 0 Å². The first-order chi connectivity index (χ1) is 10.1. The highest BCUT2D eigenvalue weighted by Gasteiger charge is 2.29. The van der Waals surface area contributed by atoms with E-state index in [4.69, 9.17) is 0 Å². The number of hydrogen-bond acceptors (Lipinski definition) is 4. The summed E-state index contributed by atoms with van der Waals surface area (Å²) in [4.78, 5) is 13.2. The number of sulfonamides is 1. The van der Waals surface area contributed by atoms with Gasteiger partial charge >= 0.3 is 5.97 Å². The number of anilines is 1. The van der Waals surface area contributed by atoms with Gasteiger partial charge in [-0.2, -0.15) is 4.72 Å². The second-order valence-corrected chi connectivity index (χ2v) is 7.38. The molecular weight excluding hydrogens is 304 g/mol. The van der Waals surface area contributed by atoms with E-state index in [9.17, 15) is 18.3 Å². The number of aryl methyl sites for hydroxylation is 1. The molecule has 0 amide bonds. The van der Waals surface area contributed by atoms with Gasteiger partial charge in [-0.1, -0.05) is 26.3 Å². The molecule has 2 N–H and O–H groups in total. The van der Waals surface area contributed by atoms with Crippen LogP contribution in [0.1, 0.15) is 25.8 Å². The summed E-state index contributed by atoms with van der Waals surface area (Å²) in [5.41, 5.74) is 1.72. The maximum Gasteiger partial charge on any atom is 0.322 e. The molecule has 7 heteroatoms. The second-order valence-electron chi connectivity index (χ2n) is 5.67. The average molecular weight is 328 g/mol. The summed E-state index contributed by atoms with van der Waals surface area (Å²) < 4.78 is 27.2. The van der Waals surface area contributed by atoms with E-state index in [-0.39, 0.29) is 10.8 Å². The standard InChI is InChI=1S/C15H24N2O4S/c1-6-10(2)14(15(18)19)16-22(20,21)12-8-7-11(3)13(9-12)17(4)5/h7-10,14,16H,6H2,1-5H3,(H,18,19)/t10-,14-/m0/s1. The topological polar surface area (TPSA) is 86.7 Å². The molecule has 0 aliphatic carbocycles. The van der Waals surface area contributed by atoms with Gasteiger partial charge in [-0.05, 0) is 30.5 Å². The monoisotopic (exact) mass is 328 g/mol. The Bertz CT molecular complexity index is 641. The van der Waals surface area contributed by atoms with Crippen molar-refractivity contribution in [2.45, 2.75) is 38.1 Å². The van der Waals surface area contributed by atoms with Crippen molar-refractivity contribution in [2.24, 2.45) is 5.92 Å². The lowest BCUT2D eigenvalue weighted by molar-refractivity contribution is -0.140. The van der Waals surface area contributed by atoms with Gasteiger partial charge in [0.1, 0.15) is 6.04 Å². The third kappa shape index (κ3) is 4.20. The summed E-state index contributed by atoms with van der Waals surface area (Å²) in [6.07, 6.45) is 0.566. The van der Waals surface area contributed by atoms with Crippen molar-refractivity contribution in [3.8, 4) is 0 Å². The molecule has 0 aliphatic rings. The van der Waals surface area contributed by atoms with Gasteiger partial charge in [0.2, 0.25) is 10.0 Å². The van der Waals surface area contributed by atoms with Crippen LogP contribution in [0.15, 0.2) is 23.1 Å². The molecule has 0 aliphatic heterocycles. The van der Waals surface area contributed by atoms with Crippen molar-refractivity contribution in [1.29, 1.82) is 0 Å². The number of nitrogens with zero attached hydrogens (tertiary/aromatic N) is 1. The molecule has 6 nitrogen and oxygen atoms in total. The number of carboxylic acid groups (broad SMARTS) is 1. The Morgan fingerprint density at radius 2 is 1.95 bits per heavy atom. The van der Waals surface area contributed by atoms with Gasteiger partial charge < -0.3 is 10.0 Å². The van der Waals surface area contributed by atoms with Gasteiger partial charge in [0, 0.05) is 19.8 Å². The van der Waals surface area contributed by atoms with Crippen LogP contribution in [0.5, 0.6) is 0 Å². The molecule has 0 saturated heterocycles. The van der Waals surface area contributed by atoms with Crippen molar-refractivity contribution < 1.29 is 18.3 Å². The fourth-order valence-electron chi connectivity index (χ4n) is 2.12. The molecule has 0 aromatic heterocycles. The molecule has 1 aromatic carbocycles. The summed E-state index contributed by atoms with van der Waals surface area (Å²) in [5.74, 6) is -1.47. The van der Waals surface area contributed by atoms with Crippen molar-refractivity contribution in [3.63, 3.8) is 0 Å². The van der Waals surface area contributed by atoms with Gasteiger partial charge in [-0.15, -0.1) is 0 Å². The van der Waals surface area contributed by atoms with Gasteiger partial charge in [-0.25, -0.2) is 8.42 Å². The number of hydrogen-bond donors (Lipinski definition) is 2. The zero-order valence-electron chi connectivity index (χ0n) is 13.6. The smallest absolute Gasteiger partial charge is 0.322 e. The lowest BCUT2D eigenvalue weighted by Gasteiger charge is -2.21. The van der Waals surface area contributed by atoms with Crippen LogP contribution in [-0.2, 0) is 14.8 Å². The lowest BCUT2D eigenvalue weighted by atomic mass is 10.0. The quantitative estimate of drug-likeness (QED) is 0.797. The SMILES string of the molecule is CC[C@H](C)[C@H](NS(=O)(=O)c1ccc(C)c(N(C)C)c1)C(=O)O. The van der Waals surface area contributed by atoms with Crippen molar-refractivity contribution in [3.05, 3.63) is 23.8 Å². The molecule has 2 atom stereocenters. The van der Waals surface area contributed by atoms with Crippen molar-refractivity contribution in [2.75, 3.05) is 19.0 Å². The summed E-state index contributed by atoms with van der Waals surface area (Å²) >= 11 is 0. The minimum absolute atomic E-state index is 0.0661. The molecule has 1 aromatic rings. The number of carbonyl (C=O) groups is 1.